The summed E-state index contributed by atoms with van der Waals surface area (Å²) in [5, 5.41) is 0. The van der Waals surface area contributed by atoms with E-state index in [-0.39, 0.29) is 24.4 Å². The van der Waals surface area contributed by atoms with E-state index in [0.717, 1.165) is 17.0 Å². The Hall–Kier alpha value is -3.98. The summed E-state index contributed by atoms with van der Waals surface area (Å²) in [5.74, 6) is -2.98. The molecule has 0 radical (unpaired) electrons. The van der Waals surface area contributed by atoms with Crippen molar-refractivity contribution in [3.63, 3.8) is 0 Å². The van der Waals surface area contributed by atoms with Crippen LogP contribution in [0, 0.1) is 12.7 Å². The molecule has 2 amide bonds. The van der Waals surface area contributed by atoms with E-state index < -0.39 is 47.9 Å². The van der Waals surface area contributed by atoms with Gasteiger partial charge in [0.25, 0.3) is 5.91 Å². The molecule has 7 nitrogen and oxygen atoms in total. The topological polar surface area (TPSA) is 79.8 Å². The van der Waals surface area contributed by atoms with Gasteiger partial charge in [-0.3, -0.25) is 14.5 Å². The number of methoxy groups -OCH3 is 1. The number of piperazine rings is 1. The van der Waals surface area contributed by atoms with Crippen LogP contribution in [-0.4, -0.2) is 47.4 Å². The van der Waals surface area contributed by atoms with E-state index in [1.165, 1.54) is 36.4 Å². The lowest BCUT2D eigenvalue weighted by Crippen LogP contribution is -2.61. The highest BCUT2D eigenvalue weighted by Crippen LogP contribution is 2.34. The molecule has 4 rings (SSSR count). The number of halogens is 4. The average molecular weight is 519 g/mol. The third-order valence-corrected chi connectivity index (χ3v) is 5.71. The van der Waals surface area contributed by atoms with Gasteiger partial charge in [-0.25, -0.2) is 14.2 Å². The first-order chi connectivity index (χ1) is 17.5. The van der Waals surface area contributed by atoms with E-state index in [0.29, 0.717) is 16.7 Å². The van der Waals surface area contributed by atoms with E-state index in [1.54, 1.807) is 6.92 Å². The van der Waals surface area contributed by atoms with Gasteiger partial charge in [0.1, 0.15) is 12.6 Å². The number of benzene rings is 1. The Morgan fingerprint density at radius 2 is 1.81 bits per heavy atom. The fourth-order valence-electron chi connectivity index (χ4n) is 3.92. The van der Waals surface area contributed by atoms with Crippen LogP contribution < -0.4 is 4.90 Å². The summed E-state index contributed by atoms with van der Waals surface area (Å²) in [6.07, 6.45) is -3.15. The van der Waals surface area contributed by atoms with Crippen molar-refractivity contribution < 1.29 is 36.7 Å². The minimum Gasteiger partial charge on any atom is -0.465 e. The summed E-state index contributed by atoms with van der Waals surface area (Å²) < 4.78 is 57.9. The molecular formula is C26H25F4N3O4. The number of hydrogen-bond acceptors (Lipinski definition) is 5. The van der Waals surface area contributed by atoms with Gasteiger partial charge in [0, 0.05) is 24.7 Å². The smallest absolute Gasteiger partial charge is 0.416 e. The number of aromatic nitrogens is 1. The van der Waals surface area contributed by atoms with E-state index in [9.17, 15) is 31.9 Å². The lowest BCUT2D eigenvalue weighted by atomic mass is 9.88. The van der Waals surface area contributed by atoms with Crippen LogP contribution in [0.1, 0.15) is 37.0 Å². The number of amides is 2. The average Bonchev–Trinajstić information content (AvgIpc) is 2.83. The van der Waals surface area contributed by atoms with Crippen LogP contribution in [0.4, 0.5) is 23.4 Å². The molecule has 0 N–H and O–H groups in total. The second-order valence-electron chi connectivity index (χ2n) is 8.16. The highest BCUT2D eigenvalue weighted by atomic mass is 19.4. The van der Waals surface area contributed by atoms with Gasteiger partial charge in [-0.15, -0.1) is 5.73 Å². The van der Waals surface area contributed by atoms with Crippen molar-refractivity contribution >= 4 is 23.6 Å². The van der Waals surface area contributed by atoms with Crippen molar-refractivity contribution in [2.24, 2.45) is 0 Å². The number of anilines is 1. The van der Waals surface area contributed by atoms with Crippen LogP contribution >= 0.6 is 0 Å². The van der Waals surface area contributed by atoms with Gasteiger partial charge in [0.15, 0.2) is 11.6 Å². The number of hydrogen-bond donors (Lipinski definition) is 0. The van der Waals surface area contributed by atoms with E-state index in [4.69, 9.17) is 0 Å². The Balaban J connectivity index is 0.00000186. The number of alkyl halides is 3. The van der Waals surface area contributed by atoms with Gasteiger partial charge in [0.2, 0.25) is 5.91 Å². The van der Waals surface area contributed by atoms with Crippen LogP contribution in [-0.2, 0) is 31.8 Å². The highest BCUT2D eigenvalue weighted by molar-refractivity contribution is 6.08. The molecule has 37 heavy (non-hydrogen) atoms. The zero-order valence-corrected chi connectivity index (χ0v) is 20.6. The number of aryl methyl sites for hydroxylation is 1. The van der Waals surface area contributed by atoms with E-state index in [1.807, 2.05) is 13.8 Å². The van der Waals surface area contributed by atoms with Gasteiger partial charge in [-0.2, -0.15) is 13.2 Å². The van der Waals surface area contributed by atoms with E-state index in [2.05, 4.69) is 15.5 Å². The van der Waals surface area contributed by atoms with Crippen molar-refractivity contribution in [1.82, 2.24) is 9.88 Å². The third kappa shape index (κ3) is 5.72. The summed E-state index contributed by atoms with van der Waals surface area (Å²) in [4.78, 5) is 44.4. The third-order valence-electron chi connectivity index (χ3n) is 5.71. The molecule has 2 aromatic rings. The molecule has 0 bridgehead atoms. The predicted molar refractivity (Wildman–Crippen MR) is 126 cm³/mol. The van der Waals surface area contributed by atoms with Crippen molar-refractivity contribution in [3.8, 4) is 0 Å². The first-order valence-corrected chi connectivity index (χ1v) is 11.5. The second kappa shape index (κ2) is 11.0. The summed E-state index contributed by atoms with van der Waals surface area (Å²) in [7, 11) is 1.19. The molecule has 1 fully saturated rings. The maximum atomic E-state index is 14.6. The lowest BCUT2D eigenvalue weighted by Gasteiger charge is -2.41. The summed E-state index contributed by atoms with van der Waals surface area (Å²) in [5.41, 5.74) is 3.25. The molecule has 2 heterocycles. The molecule has 196 valence electrons. The molecule has 1 unspecified atom stereocenters. The Kier molecular flexibility index (Phi) is 8.18. The molecule has 1 aliphatic heterocycles. The number of carbonyl (C=O) groups is 3. The Morgan fingerprint density at radius 3 is 2.35 bits per heavy atom. The van der Waals surface area contributed by atoms with Crippen LogP contribution in [0.25, 0.3) is 0 Å². The van der Waals surface area contributed by atoms with Crippen molar-refractivity contribution in [2.75, 3.05) is 18.6 Å². The van der Waals surface area contributed by atoms with E-state index >= 15 is 0 Å². The summed E-state index contributed by atoms with van der Waals surface area (Å²) in [6.45, 7) is 4.93. The first kappa shape index (κ1) is 27.6. The predicted octanol–water partition coefficient (Wildman–Crippen LogP) is 4.35. The van der Waals surface area contributed by atoms with Gasteiger partial charge in [-0.05, 0) is 36.2 Å². The van der Waals surface area contributed by atoms with Gasteiger partial charge < -0.3 is 9.64 Å². The van der Waals surface area contributed by atoms with Gasteiger partial charge >= 0.3 is 12.1 Å². The molecule has 1 aromatic carbocycles. The van der Waals surface area contributed by atoms with Crippen molar-refractivity contribution in [3.05, 3.63) is 75.9 Å². The monoisotopic (exact) mass is 519 g/mol. The fraction of sp³-hybridized carbons (Fsp3) is 0.346. The number of pyridine rings is 1. The largest absolute Gasteiger partial charge is 0.465 e. The van der Waals surface area contributed by atoms with Crippen LogP contribution in [0.5, 0.6) is 0 Å². The van der Waals surface area contributed by atoms with Gasteiger partial charge in [-0.1, -0.05) is 26.0 Å². The SMILES string of the molecule is CC.COC(=O)C1=C=C(C2C(=O)N(c3ncc(C)cc3F)CC(=O)N2Cc2ccc(C(F)(F)F)cc2)C1. The minimum absolute atomic E-state index is 0.0114. The Morgan fingerprint density at radius 1 is 1.19 bits per heavy atom. The lowest BCUT2D eigenvalue weighted by molar-refractivity contribution is -0.142. The van der Waals surface area contributed by atoms with Crippen molar-refractivity contribution in [2.45, 2.75) is 46.0 Å². The van der Waals surface area contributed by atoms with Crippen molar-refractivity contribution in [1.29, 1.82) is 0 Å². The van der Waals surface area contributed by atoms with Crippen LogP contribution in [0.15, 0.2) is 53.4 Å². The number of carbonyl (C=O) groups excluding carboxylic acids is 3. The molecule has 1 atom stereocenters. The molecule has 2 aliphatic rings. The molecular weight excluding hydrogens is 494 g/mol. The fourth-order valence-corrected chi connectivity index (χ4v) is 3.92. The zero-order valence-electron chi connectivity index (χ0n) is 20.6. The summed E-state index contributed by atoms with van der Waals surface area (Å²) >= 11 is 0. The number of ether oxygens (including phenoxy) is 1. The number of rotatable bonds is 5. The molecule has 1 saturated heterocycles. The summed E-state index contributed by atoms with van der Waals surface area (Å²) in [6, 6.07) is 4.15. The van der Waals surface area contributed by atoms with Crippen LogP contribution in [0.2, 0.25) is 0 Å². The molecule has 0 spiro atoms. The Labute approximate surface area is 211 Å². The number of esters is 1. The Bertz CT molecular complexity index is 1280. The molecule has 11 heteroatoms. The normalized spacial score (nSPS) is 17.4. The highest BCUT2D eigenvalue weighted by Gasteiger charge is 2.45. The quantitative estimate of drug-likeness (QED) is 0.334. The molecule has 1 aliphatic carbocycles. The number of nitrogens with zero attached hydrogens (tertiary/aromatic N) is 3. The van der Waals surface area contributed by atoms with Gasteiger partial charge in [0.05, 0.1) is 18.2 Å². The standard InChI is InChI=1S/C24H19F4N3O4.C2H6/c1-13-7-18(25)21(29-10-13)31-12-19(32)30(11-14-3-5-17(6-4-14)24(26,27)28)20(22(31)33)15-8-16(9-15)23(34)35-2;1-2/h3-7,10,20H,8,11-12H2,1-2H3;1-2H3. The maximum absolute atomic E-state index is 14.6. The zero-order chi connectivity index (χ0) is 27.5. The maximum Gasteiger partial charge on any atom is 0.416 e. The second-order valence-corrected chi connectivity index (χ2v) is 8.16. The van der Waals surface area contributed by atoms with Crippen LogP contribution in [0.3, 0.4) is 0 Å². The first-order valence-electron chi connectivity index (χ1n) is 11.5. The minimum atomic E-state index is -4.52. The molecule has 0 saturated carbocycles. The molecule has 1 aromatic heterocycles.